The van der Waals surface area contributed by atoms with Crippen molar-refractivity contribution in [2.45, 2.75) is 19.3 Å². The van der Waals surface area contributed by atoms with Crippen molar-refractivity contribution in [2.24, 2.45) is 5.73 Å². The van der Waals surface area contributed by atoms with E-state index >= 15 is 0 Å². The third-order valence-corrected chi connectivity index (χ3v) is 2.86. The fourth-order valence-electron chi connectivity index (χ4n) is 1.59. The minimum absolute atomic E-state index is 0.106. The number of primary amides is 1. The Kier molecular flexibility index (Phi) is 6.66. The van der Waals surface area contributed by atoms with E-state index in [2.05, 4.69) is 10.6 Å². The van der Waals surface area contributed by atoms with E-state index < -0.39 is 6.03 Å². The van der Waals surface area contributed by atoms with Gasteiger partial charge in [-0.2, -0.15) is 0 Å². The molecule has 20 heavy (non-hydrogen) atoms. The van der Waals surface area contributed by atoms with Crippen LogP contribution in [-0.4, -0.2) is 25.6 Å². The van der Waals surface area contributed by atoms with Crippen LogP contribution in [0.5, 0.6) is 5.75 Å². The Morgan fingerprint density at radius 1 is 1.35 bits per heavy atom. The summed E-state index contributed by atoms with van der Waals surface area (Å²) in [4.78, 5) is 22.1. The smallest absolute Gasteiger partial charge is 0.312 e. The number of hydrogen-bond acceptors (Lipinski definition) is 3. The first kappa shape index (κ1) is 16.1. The van der Waals surface area contributed by atoms with Gasteiger partial charge in [0.25, 0.3) is 0 Å². The van der Waals surface area contributed by atoms with E-state index in [9.17, 15) is 9.59 Å². The van der Waals surface area contributed by atoms with E-state index in [4.69, 9.17) is 22.1 Å². The third kappa shape index (κ3) is 5.79. The van der Waals surface area contributed by atoms with Gasteiger partial charge in [-0.3, -0.25) is 4.79 Å². The number of hydrogen-bond donors (Lipinski definition) is 3. The molecule has 0 aromatic heterocycles. The zero-order valence-electron chi connectivity index (χ0n) is 11.2. The zero-order valence-corrected chi connectivity index (χ0v) is 12.0. The second kappa shape index (κ2) is 8.27. The van der Waals surface area contributed by atoms with Crippen LogP contribution in [0, 0.1) is 0 Å². The standard InChI is InChI=1S/C13H18ClN3O3/c1-20-11-6-5-9(8-10(11)14)17-12(18)4-2-3-7-16-13(15)19/h5-6,8H,2-4,7H2,1H3,(H,17,18)(H3,15,16,19). The van der Waals surface area contributed by atoms with Crippen LogP contribution in [0.1, 0.15) is 19.3 Å². The minimum atomic E-state index is -0.553. The number of halogens is 1. The van der Waals surface area contributed by atoms with Crippen LogP contribution >= 0.6 is 11.6 Å². The Morgan fingerprint density at radius 2 is 2.10 bits per heavy atom. The van der Waals surface area contributed by atoms with Crippen molar-refractivity contribution in [1.82, 2.24) is 5.32 Å². The van der Waals surface area contributed by atoms with Crippen LogP contribution in [0.3, 0.4) is 0 Å². The van der Waals surface area contributed by atoms with Crippen molar-refractivity contribution in [1.29, 1.82) is 0 Å². The van der Waals surface area contributed by atoms with E-state index in [0.29, 0.717) is 42.3 Å². The third-order valence-electron chi connectivity index (χ3n) is 2.57. The molecule has 0 atom stereocenters. The van der Waals surface area contributed by atoms with Gasteiger partial charge < -0.3 is 21.1 Å². The molecule has 0 aliphatic carbocycles. The molecule has 0 saturated carbocycles. The highest BCUT2D eigenvalue weighted by molar-refractivity contribution is 6.32. The summed E-state index contributed by atoms with van der Waals surface area (Å²) >= 11 is 5.96. The van der Waals surface area contributed by atoms with E-state index in [1.54, 1.807) is 18.2 Å². The molecular formula is C13H18ClN3O3. The van der Waals surface area contributed by atoms with E-state index in [1.807, 2.05) is 0 Å². The Labute approximate surface area is 122 Å². The Balaban J connectivity index is 2.31. The highest BCUT2D eigenvalue weighted by atomic mass is 35.5. The fourth-order valence-corrected chi connectivity index (χ4v) is 1.85. The van der Waals surface area contributed by atoms with Crippen molar-refractivity contribution in [2.75, 3.05) is 19.0 Å². The number of carbonyl (C=O) groups excluding carboxylic acids is 2. The van der Waals surface area contributed by atoms with Crippen LogP contribution in [0.4, 0.5) is 10.5 Å². The average molecular weight is 300 g/mol. The summed E-state index contributed by atoms with van der Waals surface area (Å²) in [5.74, 6) is 0.451. The number of nitrogens with one attached hydrogen (secondary N) is 2. The quantitative estimate of drug-likeness (QED) is 0.673. The van der Waals surface area contributed by atoms with Crippen LogP contribution in [-0.2, 0) is 4.79 Å². The molecule has 1 rings (SSSR count). The summed E-state index contributed by atoms with van der Waals surface area (Å²) in [6.07, 6.45) is 1.72. The molecule has 0 radical (unpaired) electrons. The first-order chi connectivity index (χ1) is 9.52. The highest BCUT2D eigenvalue weighted by Crippen LogP contribution is 2.27. The minimum Gasteiger partial charge on any atom is -0.495 e. The Hall–Kier alpha value is -1.95. The number of methoxy groups -OCH3 is 1. The van der Waals surface area contributed by atoms with Crippen molar-refractivity contribution >= 4 is 29.2 Å². The molecule has 0 heterocycles. The van der Waals surface area contributed by atoms with Gasteiger partial charge in [0.1, 0.15) is 5.75 Å². The summed E-state index contributed by atoms with van der Waals surface area (Å²) < 4.78 is 5.03. The predicted octanol–water partition coefficient (Wildman–Crippen LogP) is 2.13. The summed E-state index contributed by atoms with van der Waals surface area (Å²) in [6, 6.07) is 4.49. The molecule has 0 saturated heterocycles. The van der Waals surface area contributed by atoms with Gasteiger partial charge in [0.05, 0.1) is 12.1 Å². The van der Waals surface area contributed by atoms with Gasteiger partial charge >= 0.3 is 6.03 Å². The lowest BCUT2D eigenvalue weighted by molar-refractivity contribution is -0.116. The molecule has 0 aliphatic rings. The lowest BCUT2D eigenvalue weighted by Crippen LogP contribution is -2.30. The van der Waals surface area contributed by atoms with Crippen molar-refractivity contribution in [3.05, 3.63) is 23.2 Å². The second-order valence-electron chi connectivity index (χ2n) is 4.15. The maximum Gasteiger partial charge on any atom is 0.312 e. The number of urea groups is 1. The van der Waals surface area contributed by atoms with Crippen LogP contribution in [0.25, 0.3) is 0 Å². The number of unbranched alkanes of at least 4 members (excludes halogenated alkanes) is 1. The molecule has 110 valence electrons. The number of anilines is 1. The number of nitrogens with two attached hydrogens (primary N) is 1. The summed E-state index contributed by atoms with van der Waals surface area (Å²) in [5.41, 5.74) is 5.54. The lowest BCUT2D eigenvalue weighted by Gasteiger charge is -2.08. The molecule has 6 nitrogen and oxygen atoms in total. The average Bonchev–Trinajstić information content (AvgIpc) is 2.38. The maximum absolute atomic E-state index is 11.7. The summed E-state index contributed by atoms with van der Waals surface area (Å²) in [5, 5.41) is 5.65. The first-order valence-corrected chi connectivity index (χ1v) is 6.57. The number of rotatable bonds is 7. The molecule has 0 aliphatic heterocycles. The van der Waals surface area contributed by atoms with Crippen LogP contribution < -0.4 is 21.1 Å². The molecule has 0 spiro atoms. The Morgan fingerprint density at radius 3 is 2.70 bits per heavy atom. The SMILES string of the molecule is COc1ccc(NC(=O)CCCCNC(N)=O)cc1Cl. The zero-order chi connectivity index (χ0) is 15.0. The topological polar surface area (TPSA) is 93.4 Å². The van der Waals surface area contributed by atoms with Crippen LogP contribution in [0.2, 0.25) is 5.02 Å². The summed E-state index contributed by atoms with van der Waals surface area (Å²) in [6.45, 7) is 0.469. The molecule has 0 fully saturated rings. The van der Waals surface area contributed by atoms with Gasteiger partial charge in [0.15, 0.2) is 0 Å². The van der Waals surface area contributed by atoms with E-state index in [1.165, 1.54) is 7.11 Å². The van der Waals surface area contributed by atoms with E-state index in [0.717, 1.165) is 0 Å². The van der Waals surface area contributed by atoms with Gasteiger partial charge in [-0.15, -0.1) is 0 Å². The summed E-state index contributed by atoms with van der Waals surface area (Å²) in [7, 11) is 1.53. The van der Waals surface area contributed by atoms with Gasteiger partial charge in [0, 0.05) is 18.7 Å². The van der Waals surface area contributed by atoms with Crippen LogP contribution in [0.15, 0.2) is 18.2 Å². The fraction of sp³-hybridized carbons (Fsp3) is 0.385. The molecule has 3 amide bonds. The Bertz CT molecular complexity index is 480. The van der Waals surface area contributed by atoms with Gasteiger partial charge in [0.2, 0.25) is 5.91 Å². The number of carbonyl (C=O) groups is 2. The normalized spacial score (nSPS) is 9.90. The van der Waals surface area contributed by atoms with Gasteiger partial charge in [-0.25, -0.2) is 4.79 Å². The molecule has 0 bridgehead atoms. The largest absolute Gasteiger partial charge is 0.495 e. The lowest BCUT2D eigenvalue weighted by atomic mass is 10.2. The van der Waals surface area contributed by atoms with Crippen molar-refractivity contribution in [3.63, 3.8) is 0 Å². The molecule has 1 aromatic carbocycles. The van der Waals surface area contributed by atoms with E-state index in [-0.39, 0.29) is 5.91 Å². The molecule has 1 aromatic rings. The predicted molar refractivity (Wildman–Crippen MR) is 78.1 cm³/mol. The van der Waals surface area contributed by atoms with Crippen molar-refractivity contribution < 1.29 is 14.3 Å². The molecule has 4 N–H and O–H groups in total. The van der Waals surface area contributed by atoms with Gasteiger partial charge in [-0.05, 0) is 31.0 Å². The number of benzene rings is 1. The number of ether oxygens (including phenoxy) is 1. The number of amides is 3. The monoisotopic (exact) mass is 299 g/mol. The highest BCUT2D eigenvalue weighted by Gasteiger charge is 2.05. The maximum atomic E-state index is 11.7. The van der Waals surface area contributed by atoms with Crippen molar-refractivity contribution in [3.8, 4) is 5.75 Å². The second-order valence-corrected chi connectivity index (χ2v) is 4.55. The first-order valence-electron chi connectivity index (χ1n) is 6.19. The molecule has 0 unspecified atom stereocenters. The molecule has 7 heteroatoms. The molecular weight excluding hydrogens is 282 g/mol. The van der Waals surface area contributed by atoms with Gasteiger partial charge in [-0.1, -0.05) is 11.6 Å².